The second-order valence-corrected chi connectivity index (χ2v) is 6.26. The van der Waals surface area contributed by atoms with E-state index in [1.165, 1.54) is 6.42 Å². The second kappa shape index (κ2) is 9.44. The van der Waals surface area contributed by atoms with Crippen molar-refractivity contribution in [3.63, 3.8) is 0 Å². The Morgan fingerprint density at radius 3 is 2.44 bits per heavy atom. The minimum atomic E-state index is 0. The molecule has 1 amide bonds. The predicted molar refractivity (Wildman–Crippen MR) is 104 cm³/mol. The molecule has 5 heteroatoms. The fraction of sp³-hybridized carbons (Fsp3) is 0.350. The van der Waals surface area contributed by atoms with Crippen molar-refractivity contribution in [2.45, 2.75) is 19.3 Å². The van der Waals surface area contributed by atoms with Crippen molar-refractivity contribution in [1.82, 2.24) is 5.32 Å². The third kappa shape index (κ3) is 5.48. The van der Waals surface area contributed by atoms with Crippen molar-refractivity contribution in [2.75, 3.05) is 25.0 Å². The maximum atomic E-state index is 12.4. The lowest BCUT2D eigenvalue weighted by Crippen LogP contribution is -2.26. The van der Waals surface area contributed by atoms with Crippen LogP contribution in [0.2, 0.25) is 0 Å². The van der Waals surface area contributed by atoms with E-state index in [2.05, 4.69) is 5.32 Å². The normalized spacial score (nSPS) is 16.1. The van der Waals surface area contributed by atoms with E-state index in [1.807, 2.05) is 61.6 Å². The number of hydrogen-bond donors (Lipinski definition) is 1. The van der Waals surface area contributed by atoms with Crippen LogP contribution < -0.4 is 15.0 Å². The van der Waals surface area contributed by atoms with Crippen LogP contribution in [-0.4, -0.2) is 26.0 Å². The highest BCUT2D eigenvalue weighted by atomic mass is 35.5. The van der Waals surface area contributed by atoms with Crippen LogP contribution in [0.3, 0.4) is 0 Å². The molecule has 1 aliphatic rings. The molecule has 1 fully saturated rings. The topological polar surface area (TPSA) is 41.6 Å². The Morgan fingerprint density at radius 2 is 1.80 bits per heavy atom. The summed E-state index contributed by atoms with van der Waals surface area (Å²) >= 11 is 0. The van der Waals surface area contributed by atoms with Gasteiger partial charge in [-0.05, 0) is 68.2 Å². The molecule has 1 aliphatic heterocycles. The van der Waals surface area contributed by atoms with Crippen LogP contribution in [-0.2, 0) is 4.79 Å². The van der Waals surface area contributed by atoms with E-state index in [0.29, 0.717) is 12.3 Å². The third-order valence-corrected chi connectivity index (χ3v) is 4.51. The molecule has 0 saturated carbocycles. The summed E-state index contributed by atoms with van der Waals surface area (Å²) in [7, 11) is 1.84. The van der Waals surface area contributed by atoms with Gasteiger partial charge in [0.25, 0.3) is 0 Å². The number of halogens is 1. The van der Waals surface area contributed by atoms with Crippen LogP contribution in [0.4, 0.5) is 5.69 Å². The minimum Gasteiger partial charge on any atom is -0.457 e. The maximum absolute atomic E-state index is 12.4. The molecule has 134 valence electrons. The Labute approximate surface area is 155 Å². The van der Waals surface area contributed by atoms with E-state index in [1.54, 1.807) is 4.90 Å². The van der Waals surface area contributed by atoms with Gasteiger partial charge in [0.15, 0.2) is 0 Å². The number of benzene rings is 2. The van der Waals surface area contributed by atoms with Crippen molar-refractivity contribution < 1.29 is 9.53 Å². The molecule has 4 nitrogen and oxygen atoms in total. The van der Waals surface area contributed by atoms with E-state index in [0.717, 1.165) is 36.7 Å². The first kappa shape index (κ1) is 19.3. The van der Waals surface area contributed by atoms with Gasteiger partial charge in [0.2, 0.25) is 5.91 Å². The number of nitrogens with zero attached hydrogens (tertiary/aromatic N) is 1. The first-order valence-electron chi connectivity index (χ1n) is 8.52. The molecule has 2 aromatic rings. The molecule has 25 heavy (non-hydrogen) atoms. The van der Waals surface area contributed by atoms with Crippen molar-refractivity contribution in [1.29, 1.82) is 0 Å². The number of anilines is 1. The van der Waals surface area contributed by atoms with Crippen LogP contribution in [0.1, 0.15) is 19.3 Å². The van der Waals surface area contributed by atoms with Gasteiger partial charge in [-0.2, -0.15) is 0 Å². The van der Waals surface area contributed by atoms with E-state index >= 15 is 0 Å². The van der Waals surface area contributed by atoms with Crippen molar-refractivity contribution in [2.24, 2.45) is 5.92 Å². The van der Waals surface area contributed by atoms with Crippen molar-refractivity contribution >= 4 is 24.0 Å². The second-order valence-electron chi connectivity index (χ2n) is 6.26. The Balaban J connectivity index is 0.00000225. The Hall–Kier alpha value is -2.04. The lowest BCUT2D eigenvalue weighted by Gasteiger charge is -2.18. The summed E-state index contributed by atoms with van der Waals surface area (Å²) in [4.78, 5) is 14.1. The van der Waals surface area contributed by atoms with Gasteiger partial charge in [-0.1, -0.05) is 18.2 Å². The molecular formula is C20H25ClN2O2. The molecule has 0 radical (unpaired) electrons. The Kier molecular flexibility index (Phi) is 7.29. The third-order valence-electron chi connectivity index (χ3n) is 4.51. The van der Waals surface area contributed by atoms with Crippen LogP contribution in [0.25, 0.3) is 0 Å². The lowest BCUT2D eigenvalue weighted by atomic mass is 10.0. The number of nitrogens with one attached hydrogen (secondary N) is 1. The fourth-order valence-corrected chi connectivity index (χ4v) is 2.96. The number of amides is 1. The van der Waals surface area contributed by atoms with Crippen molar-refractivity contribution in [3.05, 3.63) is 54.6 Å². The molecule has 2 aromatic carbocycles. The first-order chi connectivity index (χ1) is 11.7. The zero-order valence-electron chi connectivity index (χ0n) is 14.5. The molecule has 1 atom stereocenters. The number of para-hydroxylation sites is 1. The molecule has 1 heterocycles. The summed E-state index contributed by atoms with van der Waals surface area (Å²) in [6.07, 6.45) is 2.75. The van der Waals surface area contributed by atoms with E-state index < -0.39 is 0 Å². The summed E-state index contributed by atoms with van der Waals surface area (Å²) < 4.78 is 5.78. The summed E-state index contributed by atoms with van der Waals surface area (Å²) in [5.41, 5.74) is 0.893. The molecule has 1 N–H and O–H groups in total. The van der Waals surface area contributed by atoms with Gasteiger partial charge in [-0.25, -0.2) is 0 Å². The summed E-state index contributed by atoms with van der Waals surface area (Å²) in [6.45, 7) is 2.13. The quantitative estimate of drug-likeness (QED) is 0.837. The van der Waals surface area contributed by atoms with Gasteiger partial charge in [-0.15, -0.1) is 12.4 Å². The minimum absolute atomic E-state index is 0. The number of hydrogen-bond acceptors (Lipinski definition) is 3. The summed E-state index contributed by atoms with van der Waals surface area (Å²) in [5.74, 6) is 2.38. The molecule has 0 bridgehead atoms. The highest BCUT2D eigenvalue weighted by Gasteiger charge is 2.18. The number of carbonyl (C=O) groups is 1. The molecule has 1 unspecified atom stereocenters. The standard InChI is InChI=1S/C20H24N2O2.ClH/c1-22(20(23)12-7-16-13-14-21-15-16)17-8-10-19(11-9-17)24-18-5-3-2-4-6-18;/h2-6,8-11,16,21H,7,12-15H2,1H3;1H. The van der Waals surface area contributed by atoms with Crippen LogP contribution in [0.5, 0.6) is 11.5 Å². The van der Waals surface area contributed by atoms with Gasteiger partial charge in [0.1, 0.15) is 11.5 Å². The van der Waals surface area contributed by atoms with Crippen LogP contribution >= 0.6 is 12.4 Å². The summed E-state index contributed by atoms with van der Waals surface area (Å²) in [6, 6.07) is 17.3. The average molecular weight is 361 g/mol. The molecule has 0 aliphatic carbocycles. The van der Waals surface area contributed by atoms with Crippen molar-refractivity contribution in [3.8, 4) is 11.5 Å². The van der Waals surface area contributed by atoms with Crippen LogP contribution in [0, 0.1) is 5.92 Å². The molecule has 3 rings (SSSR count). The Morgan fingerprint density at radius 1 is 1.12 bits per heavy atom. The largest absolute Gasteiger partial charge is 0.457 e. The molecular weight excluding hydrogens is 336 g/mol. The van der Waals surface area contributed by atoms with Gasteiger partial charge in [0.05, 0.1) is 0 Å². The number of carbonyl (C=O) groups excluding carboxylic acids is 1. The Bertz CT molecular complexity index is 655. The first-order valence-corrected chi connectivity index (χ1v) is 8.52. The zero-order valence-corrected chi connectivity index (χ0v) is 15.3. The van der Waals surface area contributed by atoms with Gasteiger partial charge < -0.3 is 15.0 Å². The van der Waals surface area contributed by atoms with E-state index in [4.69, 9.17) is 4.74 Å². The van der Waals surface area contributed by atoms with E-state index in [-0.39, 0.29) is 18.3 Å². The predicted octanol–water partition coefficient (Wildman–Crippen LogP) is 4.25. The number of rotatable bonds is 6. The van der Waals surface area contributed by atoms with Crippen LogP contribution in [0.15, 0.2) is 54.6 Å². The van der Waals surface area contributed by atoms with Gasteiger partial charge in [0, 0.05) is 19.2 Å². The average Bonchev–Trinajstić information content (AvgIpc) is 3.14. The van der Waals surface area contributed by atoms with Gasteiger partial charge >= 0.3 is 0 Å². The fourth-order valence-electron chi connectivity index (χ4n) is 2.96. The molecule has 0 aromatic heterocycles. The monoisotopic (exact) mass is 360 g/mol. The lowest BCUT2D eigenvalue weighted by molar-refractivity contribution is -0.118. The highest BCUT2D eigenvalue weighted by Crippen LogP contribution is 2.24. The van der Waals surface area contributed by atoms with Gasteiger partial charge in [-0.3, -0.25) is 4.79 Å². The molecule has 0 spiro atoms. The number of ether oxygens (including phenoxy) is 1. The molecule has 1 saturated heterocycles. The summed E-state index contributed by atoms with van der Waals surface area (Å²) in [5, 5.41) is 3.34. The van der Waals surface area contributed by atoms with E-state index in [9.17, 15) is 4.79 Å². The zero-order chi connectivity index (χ0) is 16.8. The maximum Gasteiger partial charge on any atom is 0.226 e. The highest BCUT2D eigenvalue weighted by molar-refractivity contribution is 5.92. The SMILES string of the molecule is CN(C(=O)CCC1CCNC1)c1ccc(Oc2ccccc2)cc1.Cl. The smallest absolute Gasteiger partial charge is 0.226 e.